The molecule has 1 aliphatic rings. The number of aromatic amines is 1. The van der Waals surface area contributed by atoms with Gasteiger partial charge in [0.15, 0.2) is 0 Å². The number of methoxy groups -OCH3 is 1. The molecule has 9 heteroatoms. The first-order valence-electron chi connectivity index (χ1n) is 9.94. The Bertz CT molecular complexity index is 1230. The second-order valence-electron chi connectivity index (χ2n) is 7.46. The van der Waals surface area contributed by atoms with E-state index >= 15 is 0 Å². The van der Waals surface area contributed by atoms with E-state index in [9.17, 15) is 17.6 Å². The highest BCUT2D eigenvalue weighted by Gasteiger charge is 2.30. The van der Waals surface area contributed by atoms with Crippen molar-refractivity contribution < 1.29 is 22.3 Å². The molecule has 31 heavy (non-hydrogen) atoms. The Morgan fingerprint density at radius 1 is 1.19 bits per heavy atom. The van der Waals surface area contributed by atoms with Crippen LogP contribution in [0.2, 0.25) is 0 Å². The van der Waals surface area contributed by atoms with Gasteiger partial charge in [-0.15, -0.1) is 0 Å². The molecule has 2 aromatic carbocycles. The van der Waals surface area contributed by atoms with Crippen LogP contribution in [-0.2, 0) is 21.3 Å². The third-order valence-corrected chi connectivity index (χ3v) is 7.19. The number of hydrogen-bond acceptors (Lipinski definition) is 5. The summed E-state index contributed by atoms with van der Waals surface area (Å²) in [7, 11) is -2.43. The molecule has 2 heterocycles. The van der Waals surface area contributed by atoms with Gasteiger partial charge >= 0.3 is 0 Å². The van der Waals surface area contributed by atoms with E-state index in [1.807, 2.05) is 0 Å². The SMILES string of the molecule is COc1ccc2cc(CN(C[C@H]3CCCO3)S(=O)(=O)c3ccc(F)cc3)c(=O)[nH]c2c1. The van der Waals surface area contributed by atoms with Gasteiger partial charge in [0.2, 0.25) is 10.0 Å². The standard InChI is InChI=1S/C22H23FN2O5S/c1-29-18-7-4-15-11-16(22(26)24-21(15)12-18)13-25(14-19-3-2-10-30-19)31(27,28)20-8-5-17(23)6-9-20/h4-9,11-12,19H,2-3,10,13-14H2,1H3,(H,24,26)/t19-/m1/s1. The van der Waals surface area contributed by atoms with Gasteiger partial charge in [-0.3, -0.25) is 4.79 Å². The Morgan fingerprint density at radius 3 is 2.65 bits per heavy atom. The van der Waals surface area contributed by atoms with Crippen LogP contribution in [0, 0.1) is 5.82 Å². The molecule has 164 valence electrons. The van der Waals surface area contributed by atoms with E-state index in [0.717, 1.165) is 30.4 Å². The number of fused-ring (bicyclic) bond motifs is 1. The monoisotopic (exact) mass is 446 g/mol. The highest BCUT2D eigenvalue weighted by Crippen LogP contribution is 2.24. The van der Waals surface area contributed by atoms with Gasteiger partial charge in [0, 0.05) is 31.3 Å². The zero-order chi connectivity index (χ0) is 22.0. The molecule has 1 aliphatic heterocycles. The van der Waals surface area contributed by atoms with E-state index in [4.69, 9.17) is 9.47 Å². The summed E-state index contributed by atoms with van der Waals surface area (Å²) in [6, 6.07) is 11.6. The first kappa shape index (κ1) is 21.5. The second kappa shape index (κ2) is 8.78. The molecule has 1 aromatic heterocycles. The number of pyridine rings is 1. The van der Waals surface area contributed by atoms with Crippen LogP contribution in [0.1, 0.15) is 18.4 Å². The van der Waals surface area contributed by atoms with Gasteiger partial charge in [0.25, 0.3) is 5.56 Å². The van der Waals surface area contributed by atoms with Gasteiger partial charge in [-0.25, -0.2) is 12.8 Å². The molecule has 1 atom stereocenters. The second-order valence-corrected chi connectivity index (χ2v) is 9.40. The van der Waals surface area contributed by atoms with Crippen molar-refractivity contribution in [3.05, 3.63) is 70.3 Å². The molecule has 0 amide bonds. The number of H-pyrrole nitrogens is 1. The molecule has 7 nitrogen and oxygen atoms in total. The number of benzene rings is 2. The maximum Gasteiger partial charge on any atom is 0.252 e. The van der Waals surface area contributed by atoms with E-state index in [0.29, 0.717) is 23.4 Å². The van der Waals surface area contributed by atoms with E-state index in [-0.39, 0.29) is 29.6 Å². The van der Waals surface area contributed by atoms with Crippen LogP contribution in [0.25, 0.3) is 10.9 Å². The highest BCUT2D eigenvalue weighted by molar-refractivity contribution is 7.89. The van der Waals surface area contributed by atoms with Crippen LogP contribution in [0.3, 0.4) is 0 Å². The number of sulfonamides is 1. The molecule has 0 radical (unpaired) electrons. The summed E-state index contributed by atoms with van der Waals surface area (Å²) >= 11 is 0. The van der Waals surface area contributed by atoms with Gasteiger partial charge in [0.05, 0.1) is 23.6 Å². The molecule has 0 spiro atoms. The average molecular weight is 447 g/mol. The number of halogens is 1. The Hall–Kier alpha value is -2.75. The van der Waals surface area contributed by atoms with Gasteiger partial charge in [-0.05, 0) is 60.7 Å². The molecule has 1 saturated heterocycles. The number of nitrogens with zero attached hydrogens (tertiary/aromatic N) is 1. The van der Waals surface area contributed by atoms with Crippen LogP contribution in [0.5, 0.6) is 5.75 Å². The molecular formula is C22H23FN2O5S. The van der Waals surface area contributed by atoms with Gasteiger partial charge in [-0.2, -0.15) is 4.31 Å². The Kier molecular flexibility index (Phi) is 6.08. The minimum atomic E-state index is -3.97. The highest BCUT2D eigenvalue weighted by atomic mass is 32.2. The van der Waals surface area contributed by atoms with Crippen molar-refractivity contribution in [2.24, 2.45) is 0 Å². The number of rotatable bonds is 7. The Labute approximate surface area is 179 Å². The zero-order valence-corrected chi connectivity index (χ0v) is 17.8. The van der Waals surface area contributed by atoms with Gasteiger partial charge < -0.3 is 14.5 Å². The first-order chi connectivity index (χ1) is 14.9. The summed E-state index contributed by atoms with van der Waals surface area (Å²) in [4.78, 5) is 15.5. The summed E-state index contributed by atoms with van der Waals surface area (Å²) in [5, 5.41) is 0.756. The molecule has 0 bridgehead atoms. The van der Waals surface area contributed by atoms with E-state index in [1.165, 1.54) is 23.5 Å². The van der Waals surface area contributed by atoms with Crippen molar-refractivity contribution in [1.29, 1.82) is 0 Å². The minimum Gasteiger partial charge on any atom is -0.497 e. The molecule has 0 aliphatic carbocycles. The molecule has 4 rings (SSSR count). The van der Waals surface area contributed by atoms with Crippen molar-refractivity contribution in [2.45, 2.75) is 30.4 Å². The fourth-order valence-electron chi connectivity index (χ4n) is 3.68. The lowest BCUT2D eigenvalue weighted by Crippen LogP contribution is -2.38. The molecule has 0 unspecified atom stereocenters. The summed E-state index contributed by atoms with van der Waals surface area (Å²) < 4.78 is 52.0. The molecule has 3 aromatic rings. The first-order valence-corrected chi connectivity index (χ1v) is 11.4. The van der Waals surface area contributed by atoms with Crippen molar-refractivity contribution in [3.63, 3.8) is 0 Å². The topological polar surface area (TPSA) is 88.7 Å². The summed E-state index contributed by atoms with van der Waals surface area (Å²) in [5.74, 6) is 0.0841. The van der Waals surface area contributed by atoms with Crippen molar-refractivity contribution >= 4 is 20.9 Å². The third kappa shape index (κ3) is 4.63. The van der Waals surface area contributed by atoms with E-state index in [2.05, 4.69) is 4.98 Å². The molecule has 1 fully saturated rings. The van der Waals surface area contributed by atoms with Crippen LogP contribution in [0.4, 0.5) is 4.39 Å². The maximum atomic E-state index is 13.3. The fourth-order valence-corrected chi connectivity index (χ4v) is 5.13. The van der Waals surface area contributed by atoms with Crippen molar-refractivity contribution in [3.8, 4) is 5.75 Å². The van der Waals surface area contributed by atoms with Crippen LogP contribution >= 0.6 is 0 Å². The average Bonchev–Trinajstić information content (AvgIpc) is 3.27. The van der Waals surface area contributed by atoms with Gasteiger partial charge in [-0.1, -0.05) is 0 Å². The number of aromatic nitrogens is 1. The lowest BCUT2D eigenvalue weighted by molar-refractivity contribution is 0.0925. The normalized spacial score (nSPS) is 16.8. The smallest absolute Gasteiger partial charge is 0.252 e. The summed E-state index contributed by atoms with van der Waals surface area (Å²) in [5.41, 5.74) is 0.522. The predicted molar refractivity (Wildman–Crippen MR) is 114 cm³/mol. The minimum absolute atomic E-state index is 0.0335. The van der Waals surface area contributed by atoms with Crippen LogP contribution in [0.15, 0.2) is 58.2 Å². The largest absolute Gasteiger partial charge is 0.497 e. The van der Waals surface area contributed by atoms with Crippen molar-refractivity contribution in [2.75, 3.05) is 20.3 Å². The number of nitrogens with one attached hydrogen (secondary N) is 1. The lowest BCUT2D eigenvalue weighted by atomic mass is 10.1. The van der Waals surface area contributed by atoms with Crippen LogP contribution < -0.4 is 10.3 Å². The Morgan fingerprint density at radius 2 is 1.97 bits per heavy atom. The molecule has 0 saturated carbocycles. The summed E-state index contributed by atoms with van der Waals surface area (Å²) in [6.45, 7) is 0.560. The zero-order valence-electron chi connectivity index (χ0n) is 17.0. The third-order valence-electron chi connectivity index (χ3n) is 5.36. The van der Waals surface area contributed by atoms with E-state index < -0.39 is 15.8 Å². The fraction of sp³-hybridized carbons (Fsp3) is 0.318. The van der Waals surface area contributed by atoms with E-state index in [1.54, 1.807) is 24.3 Å². The van der Waals surface area contributed by atoms with Gasteiger partial charge in [0.1, 0.15) is 11.6 Å². The summed E-state index contributed by atoms with van der Waals surface area (Å²) in [6.07, 6.45) is 1.34. The Balaban J connectivity index is 1.71. The lowest BCUT2D eigenvalue weighted by Gasteiger charge is -2.25. The number of ether oxygens (including phenoxy) is 2. The molecule has 1 N–H and O–H groups in total. The quantitative estimate of drug-likeness (QED) is 0.603. The maximum absolute atomic E-state index is 13.3. The molecular weight excluding hydrogens is 423 g/mol. The number of hydrogen-bond donors (Lipinski definition) is 1. The van der Waals surface area contributed by atoms with Crippen molar-refractivity contribution in [1.82, 2.24) is 9.29 Å². The predicted octanol–water partition coefficient (Wildman–Crippen LogP) is 3.05. The van der Waals surface area contributed by atoms with Crippen LogP contribution in [-0.4, -0.2) is 44.1 Å².